The van der Waals surface area contributed by atoms with Crippen LogP contribution in [0.15, 0.2) is 65.7 Å². The van der Waals surface area contributed by atoms with Crippen LogP contribution in [0.25, 0.3) is 11.3 Å². The molecule has 3 aromatic rings. The second-order valence-corrected chi connectivity index (χ2v) is 7.85. The predicted octanol–water partition coefficient (Wildman–Crippen LogP) is 4.64. The maximum absolute atomic E-state index is 12.0. The van der Waals surface area contributed by atoms with Crippen LogP contribution in [-0.4, -0.2) is 22.1 Å². The molecule has 0 saturated heterocycles. The van der Waals surface area contributed by atoms with E-state index in [1.54, 1.807) is 11.8 Å². The van der Waals surface area contributed by atoms with Crippen LogP contribution >= 0.6 is 11.8 Å². The molecule has 2 aromatic carbocycles. The molecule has 0 atom stereocenters. The molecule has 1 amide bonds. The van der Waals surface area contributed by atoms with E-state index in [0.29, 0.717) is 6.04 Å². The highest BCUT2D eigenvalue weighted by Crippen LogP contribution is 2.24. The lowest BCUT2D eigenvalue weighted by Crippen LogP contribution is -2.25. The number of rotatable bonds is 6. The summed E-state index contributed by atoms with van der Waals surface area (Å²) in [7, 11) is 0. The standard InChI is InChI=1S/C22H21N3OS/c1-15-2-6-17(7-3-15)20-12-13-21(25-24-20)27-14-16-4-8-18(9-5-16)22(26)23-19-10-11-19/h2-9,12-13,19H,10-11,14H2,1H3,(H,23,26). The highest BCUT2D eigenvalue weighted by Gasteiger charge is 2.23. The lowest BCUT2D eigenvalue weighted by molar-refractivity contribution is 0.0951. The minimum Gasteiger partial charge on any atom is -0.349 e. The first-order valence-electron chi connectivity index (χ1n) is 9.11. The van der Waals surface area contributed by atoms with Gasteiger partial charge in [-0.3, -0.25) is 4.79 Å². The Morgan fingerprint density at radius 1 is 1.00 bits per heavy atom. The quantitative estimate of drug-likeness (QED) is 0.638. The summed E-state index contributed by atoms with van der Waals surface area (Å²) in [5.41, 5.74) is 5.07. The van der Waals surface area contributed by atoms with Gasteiger partial charge in [-0.1, -0.05) is 53.7 Å². The number of benzene rings is 2. The van der Waals surface area contributed by atoms with Gasteiger partial charge in [0.1, 0.15) is 5.03 Å². The van der Waals surface area contributed by atoms with Gasteiger partial charge in [0.05, 0.1) is 5.69 Å². The van der Waals surface area contributed by atoms with Gasteiger partial charge >= 0.3 is 0 Å². The summed E-state index contributed by atoms with van der Waals surface area (Å²) in [5, 5.41) is 12.6. The Labute approximate surface area is 163 Å². The van der Waals surface area contributed by atoms with Crippen LogP contribution in [0, 0.1) is 6.92 Å². The molecule has 0 radical (unpaired) electrons. The number of nitrogens with zero attached hydrogens (tertiary/aromatic N) is 2. The third-order valence-corrected chi connectivity index (χ3v) is 5.49. The number of nitrogens with one attached hydrogen (secondary N) is 1. The smallest absolute Gasteiger partial charge is 0.251 e. The van der Waals surface area contributed by atoms with Crippen LogP contribution in [0.1, 0.15) is 34.3 Å². The van der Waals surface area contributed by atoms with Gasteiger partial charge in [0.15, 0.2) is 0 Å². The van der Waals surface area contributed by atoms with Gasteiger partial charge in [0.2, 0.25) is 0 Å². The van der Waals surface area contributed by atoms with Gasteiger partial charge in [-0.05, 0) is 49.6 Å². The first-order chi connectivity index (χ1) is 13.2. The predicted molar refractivity (Wildman–Crippen MR) is 109 cm³/mol. The summed E-state index contributed by atoms with van der Waals surface area (Å²) in [6.45, 7) is 2.07. The molecule has 0 spiro atoms. The molecule has 1 saturated carbocycles. The summed E-state index contributed by atoms with van der Waals surface area (Å²) in [6.07, 6.45) is 2.20. The van der Waals surface area contributed by atoms with Crippen molar-refractivity contribution in [2.45, 2.75) is 36.6 Å². The molecule has 1 fully saturated rings. The molecular formula is C22H21N3OS. The summed E-state index contributed by atoms with van der Waals surface area (Å²) in [5.74, 6) is 0.817. The van der Waals surface area contributed by atoms with E-state index in [2.05, 4.69) is 46.7 Å². The van der Waals surface area contributed by atoms with Crippen molar-refractivity contribution in [3.8, 4) is 11.3 Å². The van der Waals surface area contributed by atoms with Gasteiger partial charge in [-0.25, -0.2) is 0 Å². The molecule has 1 N–H and O–H groups in total. The third kappa shape index (κ3) is 4.74. The van der Waals surface area contributed by atoms with Crippen LogP contribution in [0.5, 0.6) is 0 Å². The highest BCUT2D eigenvalue weighted by molar-refractivity contribution is 7.98. The van der Waals surface area contributed by atoms with Crippen LogP contribution in [0.3, 0.4) is 0 Å². The molecular weight excluding hydrogens is 354 g/mol. The van der Waals surface area contributed by atoms with Crippen molar-refractivity contribution in [2.24, 2.45) is 0 Å². The van der Waals surface area contributed by atoms with E-state index in [9.17, 15) is 4.79 Å². The molecule has 0 unspecified atom stereocenters. The van der Waals surface area contributed by atoms with Crippen molar-refractivity contribution in [1.82, 2.24) is 15.5 Å². The topological polar surface area (TPSA) is 54.9 Å². The lowest BCUT2D eigenvalue weighted by Gasteiger charge is -2.05. The summed E-state index contributed by atoms with van der Waals surface area (Å²) in [6, 6.07) is 20.5. The molecule has 1 aliphatic rings. The number of hydrogen-bond acceptors (Lipinski definition) is 4. The molecule has 1 heterocycles. The van der Waals surface area contributed by atoms with E-state index in [1.165, 1.54) is 5.56 Å². The molecule has 0 aliphatic heterocycles. The van der Waals surface area contributed by atoms with Crippen LogP contribution in [0.4, 0.5) is 0 Å². The SMILES string of the molecule is Cc1ccc(-c2ccc(SCc3ccc(C(=O)NC4CC4)cc3)nn2)cc1. The normalized spacial score (nSPS) is 13.4. The Balaban J connectivity index is 1.34. The van der Waals surface area contributed by atoms with E-state index < -0.39 is 0 Å². The fourth-order valence-corrected chi connectivity index (χ4v) is 3.45. The molecule has 136 valence electrons. The Morgan fingerprint density at radius 3 is 2.37 bits per heavy atom. The first-order valence-corrected chi connectivity index (χ1v) is 10.1. The zero-order valence-corrected chi connectivity index (χ0v) is 16.0. The molecule has 1 aliphatic carbocycles. The van der Waals surface area contributed by atoms with Crippen LogP contribution in [-0.2, 0) is 5.75 Å². The van der Waals surface area contributed by atoms with Crippen LogP contribution in [0.2, 0.25) is 0 Å². The zero-order valence-electron chi connectivity index (χ0n) is 15.2. The van der Waals surface area contributed by atoms with Crippen molar-refractivity contribution < 1.29 is 4.79 Å². The molecule has 0 bridgehead atoms. The van der Waals surface area contributed by atoms with Crippen molar-refractivity contribution in [3.05, 3.63) is 77.4 Å². The number of carbonyl (C=O) groups is 1. The van der Waals surface area contributed by atoms with Gasteiger partial charge in [-0.15, -0.1) is 10.2 Å². The van der Waals surface area contributed by atoms with E-state index >= 15 is 0 Å². The highest BCUT2D eigenvalue weighted by atomic mass is 32.2. The second kappa shape index (κ2) is 7.92. The largest absolute Gasteiger partial charge is 0.349 e. The second-order valence-electron chi connectivity index (χ2n) is 6.86. The number of hydrogen-bond donors (Lipinski definition) is 1. The van der Waals surface area contributed by atoms with Gasteiger partial charge in [0.25, 0.3) is 5.91 Å². The van der Waals surface area contributed by atoms with Gasteiger partial charge < -0.3 is 5.32 Å². The number of thioether (sulfide) groups is 1. The maximum atomic E-state index is 12.0. The molecule has 1 aromatic heterocycles. The van der Waals surface area contributed by atoms with Crippen LogP contribution < -0.4 is 5.32 Å². The summed E-state index contributed by atoms with van der Waals surface area (Å²) in [4.78, 5) is 12.0. The fourth-order valence-electron chi connectivity index (χ4n) is 2.68. The summed E-state index contributed by atoms with van der Waals surface area (Å²) < 4.78 is 0. The number of aromatic nitrogens is 2. The molecule has 5 heteroatoms. The van der Waals surface area contributed by atoms with E-state index in [1.807, 2.05) is 36.4 Å². The van der Waals surface area contributed by atoms with Crippen molar-refractivity contribution in [2.75, 3.05) is 0 Å². The number of amides is 1. The van der Waals surface area contributed by atoms with Crippen molar-refractivity contribution >= 4 is 17.7 Å². The Morgan fingerprint density at radius 2 is 1.74 bits per heavy atom. The van der Waals surface area contributed by atoms with E-state index in [0.717, 1.165) is 46.0 Å². The number of carbonyl (C=O) groups excluding carboxylic acids is 1. The minimum absolute atomic E-state index is 0.0225. The monoisotopic (exact) mass is 375 g/mol. The Bertz CT molecular complexity index is 917. The Hall–Kier alpha value is -2.66. The lowest BCUT2D eigenvalue weighted by atomic mass is 10.1. The molecule has 4 rings (SSSR count). The fraction of sp³-hybridized carbons (Fsp3) is 0.227. The summed E-state index contributed by atoms with van der Waals surface area (Å²) >= 11 is 1.64. The molecule has 4 nitrogen and oxygen atoms in total. The third-order valence-electron chi connectivity index (χ3n) is 4.50. The maximum Gasteiger partial charge on any atom is 0.251 e. The van der Waals surface area contributed by atoms with Gasteiger partial charge in [0, 0.05) is 22.9 Å². The average molecular weight is 375 g/mol. The average Bonchev–Trinajstić information content (AvgIpc) is 3.52. The Kier molecular flexibility index (Phi) is 5.21. The van der Waals surface area contributed by atoms with E-state index in [-0.39, 0.29) is 5.91 Å². The number of aryl methyl sites for hydroxylation is 1. The minimum atomic E-state index is 0.0225. The van der Waals surface area contributed by atoms with E-state index in [4.69, 9.17) is 0 Å². The zero-order chi connectivity index (χ0) is 18.6. The first kappa shape index (κ1) is 17.7. The van der Waals surface area contributed by atoms with Gasteiger partial charge in [-0.2, -0.15) is 0 Å². The van der Waals surface area contributed by atoms with Crippen molar-refractivity contribution in [3.63, 3.8) is 0 Å². The van der Waals surface area contributed by atoms with Crippen molar-refractivity contribution in [1.29, 1.82) is 0 Å². The molecule has 27 heavy (non-hydrogen) atoms.